The van der Waals surface area contributed by atoms with Crippen molar-refractivity contribution in [1.29, 1.82) is 0 Å². The van der Waals surface area contributed by atoms with E-state index in [-0.39, 0.29) is 10.8 Å². The molecule has 4 aromatic rings. The smallest absolute Gasteiger partial charge is 0.135 e. The zero-order chi connectivity index (χ0) is 35.7. The molecule has 4 heteroatoms. The van der Waals surface area contributed by atoms with Crippen LogP contribution in [0.1, 0.15) is 83.3 Å². The predicted molar refractivity (Wildman–Crippen MR) is 218 cm³/mol. The lowest BCUT2D eigenvalue weighted by atomic mass is 9.70. The van der Waals surface area contributed by atoms with Crippen molar-refractivity contribution in [2.45, 2.75) is 69.2 Å². The van der Waals surface area contributed by atoms with Gasteiger partial charge in [-0.2, -0.15) is 0 Å². The van der Waals surface area contributed by atoms with Gasteiger partial charge in [0.25, 0.3) is 0 Å². The van der Waals surface area contributed by atoms with Gasteiger partial charge in [0.05, 0.1) is 10.7 Å². The third-order valence-electron chi connectivity index (χ3n) is 11.6. The van der Waals surface area contributed by atoms with Crippen molar-refractivity contribution in [2.75, 3.05) is 12.8 Å². The van der Waals surface area contributed by atoms with E-state index in [0.29, 0.717) is 6.61 Å². The van der Waals surface area contributed by atoms with E-state index in [1.165, 1.54) is 83.0 Å². The number of rotatable bonds is 6. The molecule has 0 aliphatic carbocycles. The highest BCUT2D eigenvalue weighted by Crippen LogP contribution is 2.73. The third kappa shape index (κ3) is 5.46. The first-order valence-electron chi connectivity index (χ1n) is 17.8. The molecule has 256 valence electrons. The van der Waals surface area contributed by atoms with Crippen molar-refractivity contribution in [3.05, 3.63) is 163 Å². The Hall–Kier alpha value is -3.70. The topological polar surface area (TPSA) is 18.5 Å². The first kappa shape index (κ1) is 34.7. The molecule has 0 fully saturated rings. The molecule has 7 rings (SSSR count). The molecular weight excluding hydrogens is 646 g/mol. The van der Waals surface area contributed by atoms with Gasteiger partial charge in [-0.25, -0.2) is 0 Å². The molecule has 0 aromatic heterocycles. The maximum Gasteiger partial charge on any atom is 0.135 e. The maximum atomic E-state index is 7.32. The summed E-state index contributed by atoms with van der Waals surface area (Å²) in [6.45, 7) is 23.5. The van der Waals surface area contributed by atoms with Crippen molar-refractivity contribution in [2.24, 2.45) is 10.8 Å². The number of ether oxygens (including phenoxy) is 1. The third-order valence-corrected chi connectivity index (χ3v) is 14.5. The van der Waals surface area contributed by atoms with Crippen LogP contribution in [0, 0.1) is 52.4 Å². The minimum Gasteiger partial charge on any atom is -0.492 e. The highest BCUT2D eigenvalue weighted by molar-refractivity contribution is 7.58. The molecule has 0 amide bonds. The minimum absolute atomic E-state index is 0.191. The molecule has 0 saturated heterocycles. The van der Waals surface area contributed by atoms with Gasteiger partial charge in [-0.1, -0.05) is 103 Å². The van der Waals surface area contributed by atoms with Crippen LogP contribution >= 0.6 is 17.4 Å². The SMILES string of the molecule is CC1=C(C2=C(C)C3(C)CP2OC(c2ccccc2)=C3c2c(C)cc(C)cc2C)OCC1(C)C(=C(P)c1ccccc1)c1c(C)cc(C)cc1C. The van der Waals surface area contributed by atoms with Crippen LogP contribution in [0.15, 0.2) is 107 Å². The Balaban J connectivity index is 1.44. The number of hydrogen-bond donors (Lipinski definition) is 0. The van der Waals surface area contributed by atoms with Gasteiger partial charge in [-0.15, -0.1) is 9.24 Å². The molecule has 4 atom stereocenters. The number of benzene rings is 4. The number of allylic oxidation sites excluding steroid dienone is 3. The van der Waals surface area contributed by atoms with Gasteiger partial charge in [0.2, 0.25) is 0 Å². The average molecular weight is 697 g/mol. The Morgan fingerprint density at radius 2 is 1.22 bits per heavy atom. The molecule has 3 aliphatic rings. The van der Waals surface area contributed by atoms with Gasteiger partial charge in [0.1, 0.15) is 26.3 Å². The molecular formula is C46H50O2P2. The predicted octanol–water partition coefficient (Wildman–Crippen LogP) is 12.9. The van der Waals surface area contributed by atoms with Gasteiger partial charge in [0, 0.05) is 22.7 Å². The monoisotopic (exact) mass is 696 g/mol. The fourth-order valence-electron chi connectivity index (χ4n) is 8.95. The second kappa shape index (κ2) is 12.8. The maximum absolute atomic E-state index is 7.32. The summed E-state index contributed by atoms with van der Waals surface area (Å²) in [7, 11) is 2.17. The summed E-state index contributed by atoms with van der Waals surface area (Å²) in [5.41, 5.74) is 17.5. The van der Waals surface area contributed by atoms with E-state index < -0.39 is 8.15 Å². The molecule has 2 nitrogen and oxygen atoms in total. The Labute approximate surface area is 303 Å². The molecule has 3 heterocycles. The normalized spacial score (nSPS) is 23.7. The van der Waals surface area contributed by atoms with Crippen molar-refractivity contribution in [3.8, 4) is 0 Å². The average Bonchev–Trinajstić information content (AvgIpc) is 3.47. The van der Waals surface area contributed by atoms with E-state index in [1.54, 1.807) is 0 Å². The molecule has 2 bridgehead atoms. The van der Waals surface area contributed by atoms with Crippen LogP contribution in [0.4, 0.5) is 0 Å². The van der Waals surface area contributed by atoms with Crippen LogP contribution in [0.5, 0.6) is 0 Å². The zero-order valence-corrected chi connectivity index (χ0v) is 33.4. The second-order valence-corrected chi connectivity index (χ2v) is 17.6. The van der Waals surface area contributed by atoms with Crippen LogP contribution in [-0.2, 0) is 9.26 Å². The Bertz CT molecular complexity index is 2120. The molecule has 0 saturated carbocycles. The summed E-state index contributed by atoms with van der Waals surface area (Å²) in [5, 5.41) is 2.51. The zero-order valence-electron chi connectivity index (χ0n) is 31.3. The van der Waals surface area contributed by atoms with Gasteiger partial charge in [0.15, 0.2) is 0 Å². The molecule has 3 aliphatic heterocycles. The van der Waals surface area contributed by atoms with E-state index in [9.17, 15) is 0 Å². The van der Waals surface area contributed by atoms with E-state index in [0.717, 1.165) is 23.2 Å². The first-order chi connectivity index (χ1) is 23.8. The summed E-state index contributed by atoms with van der Waals surface area (Å²) >= 11 is 0. The molecule has 0 radical (unpaired) electrons. The summed E-state index contributed by atoms with van der Waals surface area (Å²) in [5.74, 6) is 2.06. The fourth-order valence-corrected chi connectivity index (χ4v) is 12.4. The fraction of sp³-hybridized carbons (Fsp3) is 0.304. The highest BCUT2D eigenvalue weighted by atomic mass is 31.1. The van der Waals surface area contributed by atoms with E-state index >= 15 is 0 Å². The van der Waals surface area contributed by atoms with Crippen LogP contribution in [0.3, 0.4) is 0 Å². The largest absolute Gasteiger partial charge is 0.492 e. The lowest BCUT2D eigenvalue weighted by Gasteiger charge is -2.38. The van der Waals surface area contributed by atoms with Gasteiger partial charge in [-0.3, -0.25) is 0 Å². The molecule has 0 N–H and O–H groups in total. The summed E-state index contributed by atoms with van der Waals surface area (Å²) in [4.78, 5) is 0. The van der Waals surface area contributed by atoms with Crippen molar-refractivity contribution >= 4 is 39.6 Å². The minimum atomic E-state index is -0.963. The number of aryl methyl sites for hydroxylation is 6. The number of fused-ring (bicyclic) bond motifs is 2. The van der Waals surface area contributed by atoms with Crippen molar-refractivity contribution in [1.82, 2.24) is 0 Å². The van der Waals surface area contributed by atoms with Crippen LogP contribution in [0.2, 0.25) is 0 Å². The summed E-state index contributed by atoms with van der Waals surface area (Å²) < 4.78 is 14.3. The van der Waals surface area contributed by atoms with E-state index in [2.05, 4.69) is 163 Å². The Morgan fingerprint density at radius 3 is 1.80 bits per heavy atom. The quantitative estimate of drug-likeness (QED) is 0.148. The lowest BCUT2D eigenvalue weighted by molar-refractivity contribution is 0.209. The lowest BCUT2D eigenvalue weighted by Crippen LogP contribution is -2.25. The second-order valence-electron chi connectivity index (χ2n) is 15.3. The summed E-state index contributed by atoms with van der Waals surface area (Å²) in [6.07, 6.45) is 0.955. The van der Waals surface area contributed by atoms with Gasteiger partial charge >= 0.3 is 0 Å². The van der Waals surface area contributed by atoms with Crippen molar-refractivity contribution < 1.29 is 9.26 Å². The molecule has 0 spiro atoms. The Kier molecular flexibility index (Phi) is 8.90. The van der Waals surface area contributed by atoms with Crippen LogP contribution < -0.4 is 0 Å². The van der Waals surface area contributed by atoms with Crippen molar-refractivity contribution in [3.63, 3.8) is 0 Å². The highest BCUT2D eigenvalue weighted by Gasteiger charge is 2.54. The molecule has 4 aromatic carbocycles. The Morgan fingerprint density at radius 1 is 0.680 bits per heavy atom. The van der Waals surface area contributed by atoms with Crippen LogP contribution in [0.25, 0.3) is 22.2 Å². The molecule has 50 heavy (non-hydrogen) atoms. The van der Waals surface area contributed by atoms with Crippen LogP contribution in [-0.4, -0.2) is 12.8 Å². The van der Waals surface area contributed by atoms with E-state index in [4.69, 9.17) is 9.26 Å². The standard InChI is InChI=1S/C46H50O2P2/c1-27-21-29(3)37(30(4)22-27)39-42(35-17-13-11-14-18-35)48-50-26-46(39,10)34(8)44(50)41-33(7)45(9,25-47-41)40(43(49)36-19-15-12-16-20-36)38-31(5)23-28(2)24-32(38)6/h11-24H,25-26,49H2,1-10H3. The van der Waals surface area contributed by atoms with E-state index in [1.807, 2.05) is 0 Å². The van der Waals surface area contributed by atoms with Gasteiger partial charge < -0.3 is 9.26 Å². The number of hydrogen-bond acceptors (Lipinski definition) is 2. The summed E-state index contributed by atoms with van der Waals surface area (Å²) in [6, 6.07) is 30.8. The molecule has 4 unspecified atom stereocenters. The first-order valence-corrected chi connectivity index (χ1v) is 19.8. The van der Waals surface area contributed by atoms with Gasteiger partial charge in [-0.05, 0) is 123 Å².